The zero-order valence-corrected chi connectivity index (χ0v) is 8.36. The molecule has 11 heavy (non-hydrogen) atoms. The molecule has 0 unspecified atom stereocenters. The molecule has 1 nitrogen and oxygen atoms in total. The van der Waals surface area contributed by atoms with Crippen molar-refractivity contribution >= 4 is 12.6 Å². The lowest BCUT2D eigenvalue weighted by Crippen LogP contribution is -2.02. The van der Waals surface area contributed by atoms with Crippen molar-refractivity contribution in [3.05, 3.63) is 12.2 Å². The molecular formula is C9H18OS. The van der Waals surface area contributed by atoms with Crippen LogP contribution in [-0.4, -0.2) is 19.0 Å². The lowest BCUT2D eigenvalue weighted by atomic mass is 10.1. The van der Waals surface area contributed by atoms with Crippen molar-refractivity contribution in [2.75, 3.05) is 19.0 Å². The van der Waals surface area contributed by atoms with E-state index >= 15 is 0 Å². The van der Waals surface area contributed by atoms with Crippen LogP contribution in [0.4, 0.5) is 0 Å². The van der Waals surface area contributed by atoms with E-state index in [1.54, 1.807) is 0 Å². The first-order valence-electron chi connectivity index (χ1n) is 4.02. The second-order valence-corrected chi connectivity index (χ2v) is 3.46. The molecule has 0 aromatic rings. The van der Waals surface area contributed by atoms with Crippen LogP contribution >= 0.6 is 12.6 Å². The number of hydrogen-bond donors (Lipinski definition) is 1. The molecule has 0 spiro atoms. The predicted octanol–water partition coefficient (Wildman–Crippen LogP) is 2.54. The summed E-state index contributed by atoms with van der Waals surface area (Å²) in [7, 11) is 0. The average molecular weight is 174 g/mol. The molecule has 0 radical (unpaired) electrons. The first-order chi connectivity index (χ1) is 5.16. The van der Waals surface area contributed by atoms with Crippen LogP contribution in [0.15, 0.2) is 12.2 Å². The summed E-state index contributed by atoms with van der Waals surface area (Å²) < 4.78 is 5.35. The van der Waals surface area contributed by atoms with Crippen molar-refractivity contribution in [3.63, 3.8) is 0 Å². The minimum Gasteiger partial charge on any atom is -0.377 e. The summed E-state index contributed by atoms with van der Waals surface area (Å²) >= 11 is 4.08. The molecule has 0 bridgehead atoms. The quantitative estimate of drug-likeness (QED) is 0.370. The van der Waals surface area contributed by atoms with E-state index in [4.69, 9.17) is 4.74 Å². The Hall–Kier alpha value is 0.0500. The van der Waals surface area contributed by atoms with Crippen molar-refractivity contribution < 1.29 is 4.74 Å². The largest absolute Gasteiger partial charge is 0.377 e. The Morgan fingerprint density at radius 2 is 2.18 bits per heavy atom. The van der Waals surface area contributed by atoms with Gasteiger partial charge in [-0.05, 0) is 17.9 Å². The van der Waals surface area contributed by atoms with E-state index in [9.17, 15) is 0 Å². The van der Waals surface area contributed by atoms with Crippen molar-refractivity contribution in [1.82, 2.24) is 0 Å². The molecule has 0 aliphatic rings. The molecule has 0 aromatic carbocycles. The summed E-state index contributed by atoms with van der Waals surface area (Å²) in [4.78, 5) is 0. The van der Waals surface area contributed by atoms with E-state index in [2.05, 4.69) is 33.1 Å². The second kappa shape index (κ2) is 6.74. The zero-order valence-electron chi connectivity index (χ0n) is 7.47. The fourth-order valence-electron chi connectivity index (χ4n) is 0.581. The summed E-state index contributed by atoms with van der Waals surface area (Å²) in [6, 6.07) is 0. The van der Waals surface area contributed by atoms with Gasteiger partial charge in [-0.25, -0.2) is 0 Å². The van der Waals surface area contributed by atoms with Gasteiger partial charge in [0.15, 0.2) is 0 Å². The number of rotatable bonds is 6. The van der Waals surface area contributed by atoms with E-state index in [1.807, 2.05) is 0 Å². The first kappa shape index (κ1) is 11.1. The topological polar surface area (TPSA) is 9.23 Å². The molecule has 0 heterocycles. The molecule has 0 aliphatic carbocycles. The van der Waals surface area contributed by atoms with Crippen LogP contribution in [0.2, 0.25) is 0 Å². The number of hydrogen-bond acceptors (Lipinski definition) is 2. The second-order valence-electron chi connectivity index (χ2n) is 3.14. The van der Waals surface area contributed by atoms with Crippen molar-refractivity contribution in [2.45, 2.75) is 20.3 Å². The fourth-order valence-corrected chi connectivity index (χ4v) is 0.672. The SMILES string of the molecule is C=C(CS)COCCC(C)C. The Kier molecular flexibility index (Phi) is 6.77. The molecule has 0 atom stereocenters. The minimum atomic E-state index is 0.663. The average Bonchev–Trinajstić information content (AvgIpc) is 1.97. The van der Waals surface area contributed by atoms with Gasteiger partial charge in [0.1, 0.15) is 0 Å². The van der Waals surface area contributed by atoms with Crippen LogP contribution in [0.3, 0.4) is 0 Å². The minimum absolute atomic E-state index is 0.663. The summed E-state index contributed by atoms with van der Waals surface area (Å²) in [5, 5.41) is 0. The molecule has 0 aromatic heterocycles. The number of ether oxygens (including phenoxy) is 1. The van der Waals surface area contributed by atoms with Crippen molar-refractivity contribution in [2.24, 2.45) is 5.92 Å². The Balaban J connectivity index is 3.08. The smallest absolute Gasteiger partial charge is 0.0682 e. The highest BCUT2D eigenvalue weighted by molar-refractivity contribution is 7.80. The summed E-state index contributed by atoms with van der Waals surface area (Å²) in [6.45, 7) is 9.67. The van der Waals surface area contributed by atoms with Gasteiger partial charge in [-0.1, -0.05) is 20.4 Å². The first-order valence-corrected chi connectivity index (χ1v) is 4.65. The van der Waals surface area contributed by atoms with Gasteiger partial charge in [0.05, 0.1) is 6.61 Å². The Bertz CT molecular complexity index is 110. The van der Waals surface area contributed by atoms with Gasteiger partial charge in [-0.15, -0.1) is 0 Å². The summed E-state index contributed by atoms with van der Waals surface area (Å²) in [6.07, 6.45) is 1.12. The van der Waals surface area contributed by atoms with Crippen LogP contribution in [0.1, 0.15) is 20.3 Å². The highest BCUT2D eigenvalue weighted by Crippen LogP contribution is 2.00. The standard InChI is InChI=1S/C9H18OS/c1-8(2)4-5-10-6-9(3)7-11/h8,11H,3-7H2,1-2H3. The molecule has 0 amide bonds. The maximum Gasteiger partial charge on any atom is 0.0682 e. The Morgan fingerprint density at radius 1 is 1.55 bits per heavy atom. The Labute approximate surface area is 75.2 Å². The highest BCUT2D eigenvalue weighted by Gasteiger charge is 1.94. The maximum atomic E-state index is 5.35. The molecule has 0 saturated carbocycles. The van der Waals surface area contributed by atoms with E-state index < -0.39 is 0 Å². The van der Waals surface area contributed by atoms with Crippen LogP contribution in [0, 0.1) is 5.92 Å². The molecule has 0 aliphatic heterocycles. The van der Waals surface area contributed by atoms with E-state index in [0.717, 1.165) is 30.3 Å². The lowest BCUT2D eigenvalue weighted by molar-refractivity contribution is 0.144. The summed E-state index contributed by atoms with van der Waals surface area (Å²) in [5.74, 6) is 1.45. The predicted molar refractivity (Wildman–Crippen MR) is 53.3 cm³/mol. The summed E-state index contributed by atoms with van der Waals surface area (Å²) in [5.41, 5.74) is 1.05. The van der Waals surface area contributed by atoms with Crippen LogP contribution in [0.25, 0.3) is 0 Å². The van der Waals surface area contributed by atoms with Crippen LogP contribution in [-0.2, 0) is 4.74 Å². The third kappa shape index (κ3) is 7.95. The molecular weight excluding hydrogens is 156 g/mol. The van der Waals surface area contributed by atoms with Gasteiger partial charge < -0.3 is 4.74 Å². The van der Waals surface area contributed by atoms with Gasteiger partial charge in [0.25, 0.3) is 0 Å². The van der Waals surface area contributed by atoms with E-state index in [0.29, 0.717) is 6.61 Å². The monoisotopic (exact) mass is 174 g/mol. The lowest BCUT2D eigenvalue weighted by Gasteiger charge is -2.06. The van der Waals surface area contributed by atoms with Gasteiger partial charge in [-0.2, -0.15) is 12.6 Å². The molecule has 2 heteroatoms. The van der Waals surface area contributed by atoms with E-state index in [1.165, 1.54) is 0 Å². The van der Waals surface area contributed by atoms with Gasteiger partial charge >= 0.3 is 0 Å². The van der Waals surface area contributed by atoms with Crippen molar-refractivity contribution in [1.29, 1.82) is 0 Å². The van der Waals surface area contributed by atoms with E-state index in [-0.39, 0.29) is 0 Å². The van der Waals surface area contributed by atoms with Crippen LogP contribution in [0.5, 0.6) is 0 Å². The highest BCUT2D eigenvalue weighted by atomic mass is 32.1. The third-order valence-electron chi connectivity index (χ3n) is 1.37. The van der Waals surface area contributed by atoms with Gasteiger partial charge in [0.2, 0.25) is 0 Å². The van der Waals surface area contributed by atoms with Crippen LogP contribution < -0.4 is 0 Å². The van der Waals surface area contributed by atoms with Crippen molar-refractivity contribution in [3.8, 4) is 0 Å². The Morgan fingerprint density at radius 3 is 2.64 bits per heavy atom. The van der Waals surface area contributed by atoms with Gasteiger partial charge in [0, 0.05) is 12.4 Å². The molecule has 0 N–H and O–H groups in total. The zero-order chi connectivity index (χ0) is 8.69. The molecule has 0 rings (SSSR count). The maximum absolute atomic E-state index is 5.35. The molecule has 0 saturated heterocycles. The third-order valence-corrected chi connectivity index (χ3v) is 1.82. The molecule has 66 valence electrons. The fraction of sp³-hybridized carbons (Fsp3) is 0.778. The normalized spacial score (nSPS) is 10.5. The van der Waals surface area contributed by atoms with Gasteiger partial charge in [-0.3, -0.25) is 0 Å². The molecule has 0 fully saturated rings. The number of thiol groups is 1.